The van der Waals surface area contributed by atoms with Crippen molar-refractivity contribution >= 4 is 8.32 Å². The van der Waals surface area contributed by atoms with Gasteiger partial charge in [0.1, 0.15) is 0 Å². The van der Waals surface area contributed by atoms with Crippen molar-refractivity contribution in [3.8, 4) is 0 Å². The van der Waals surface area contributed by atoms with E-state index in [1.807, 2.05) is 0 Å². The summed E-state index contributed by atoms with van der Waals surface area (Å²) >= 11 is 0. The van der Waals surface area contributed by atoms with Gasteiger partial charge >= 0.3 is 0 Å². The number of rotatable bonds is 3. The molecule has 4 fully saturated rings. The second-order valence-corrected chi connectivity index (χ2v) is 14.3. The molecule has 0 spiro atoms. The predicted octanol–water partition coefficient (Wildman–Crippen LogP) is 7.56. The Balaban J connectivity index is 0.000000569. The Kier molecular flexibility index (Phi) is 7.10. The van der Waals surface area contributed by atoms with E-state index < -0.39 is 8.32 Å². The average molecular weight is 365 g/mol. The van der Waals surface area contributed by atoms with E-state index in [9.17, 15) is 0 Å². The number of hydrogen-bond acceptors (Lipinski definition) is 1. The molecule has 0 radical (unpaired) electrons. The van der Waals surface area contributed by atoms with Gasteiger partial charge in [-0.1, -0.05) is 78.1 Å². The molecule has 0 N–H and O–H groups in total. The molecular weight excluding hydrogens is 320 g/mol. The molecular formula is C23H44OSi. The monoisotopic (exact) mass is 364 g/mol. The highest BCUT2D eigenvalue weighted by atomic mass is 28.4. The summed E-state index contributed by atoms with van der Waals surface area (Å²) < 4.78 is 7.04. The molecule has 4 aliphatic carbocycles. The van der Waals surface area contributed by atoms with Crippen molar-refractivity contribution in [1.29, 1.82) is 0 Å². The van der Waals surface area contributed by atoms with Crippen LogP contribution in [0.15, 0.2) is 0 Å². The first kappa shape index (κ1) is 19.9. The topological polar surface area (TPSA) is 9.23 Å². The smallest absolute Gasteiger partial charge is 0.190 e. The lowest BCUT2D eigenvalue weighted by atomic mass is 9.81. The van der Waals surface area contributed by atoms with E-state index in [4.69, 9.17) is 4.43 Å². The minimum atomic E-state index is -1.52. The summed E-state index contributed by atoms with van der Waals surface area (Å²) in [4.78, 5) is 0. The van der Waals surface area contributed by atoms with Gasteiger partial charge in [0.15, 0.2) is 8.32 Å². The van der Waals surface area contributed by atoms with E-state index in [0.717, 1.165) is 29.2 Å². The Morgan fingerprint density at radius 3 is 1.88 bits per heavy atom. The van der Waals surface area contributed by atoms with E-state index in [1.165, 1.54) is 83.5 Å². The van der Waals surface area contributed by atoms with Gasteiger partial charge in [-0.15, -0.1) is 0 Å². The van der Waals surface area contributed by atoms with Crippen molar-refractivity contribution in [2.45, 2.75) is 122 Å². The summed E-state index contributed by atoms with van der Waals surface area (Å²) in [5.41, 5.74) is 0.973. The van der Waals surface area contributed by atoms with Crippen molar-refractivity contribution in [3.05, 3.63) is 0 Å². The fraction of sp³-hybridized carbons (Fsp3) is 1.00. The van der Waals surface area contributed by atoms with Gasteiger partial charge in [0, 0.05) is 6.10 Å². The van der Waals surface area contributed by atoms with Gasteiger partial charge < -0.3 is 4.43 Å². The molecule has 2 heteroatoms. The Morgan fingerprint density at radius 1 is 0.680 bits per heavy atom. The zero-order valence-electron chi connectivity index (χ0n) is 17.6. The lowest BCUT2D eigenvalue weighted by Crippen LogP contribution is -2.44. The largest absolute Gasteiger partial charge is 0.414 e. The Bertz CT molecular complexity index is 407. The third-order valence-electron chi connectivity index (χ3n) is 7.95. The fourth-order valence-electron chi connectivity index (χ4n) is 6.90. The second kappa shape index (κ2) is 8.91. The first-order valence-electron chi connectivity index (χ1n) is 11.7. The van der Waals surface area contributed by atoms with Gasteiger partial charge in [-0.05, 0) is 61.6 Å². The highest BCUT2D eigenvalue weighted by molar-refractivity contribution is 6.72. The van der Waals surface area contributed by atoms with E-state index in [0.29, 0.717) is 6.10 Å². The highest BCUT2D eigenvalue weighted by Crippen LogP contribution is 2.54. The molecule has 0 saturated heterocycles. The van der Waals surface area contributed by atoms with Crippen LogP contribution in [0.1, 0.15) is 97.3 Å². The van der Waals surface area contributed by atoms with Crippen LogP contribution in [0.2, 0.25) is 18.6 Å². The third kappa shape index (κ3) is 4.54. The van der Waals surface area contributed by atoms with Crippen molar-refractivity contribution in [3.63, 3.8) is 0 Å². The Morgan fingerprint density at radius 2 is 1.20 bits per heavy atom. The van der Waals surface area contributed by atoms with Crippen molar-refractivity contribution in [2.24, 2.45) is 23.7 Å². The maximum Gasteiger partial charge on any atom is 0.190 e. The SMILES string of the molecule is CCC.C[Si](C)(OC1CCC2CCCCC21)C1CCC2CCCCC21. The minimum Gasteiger partial charge on any atom is -0.414 e. The Labute approximate surface area is 158 Å². The lowest BCUT2D eigenvalue weighted by molar-refractivity contribution is 0.104. The van der Waals surface area contributed by atoms with E-state index >= 15 is 0 Å². The molecule has 0 heterocycles. The van der Waals surface area contributed by atoms with Gasteiger partial charge in [-0.3, -0.25) is 0 Å². The van der Waals surface area contributed by atoms with Crippen LogP contribution in [-0.2, 0) is 4.43 Å². The summed E-state index contributed by atoms with van der Waals surface area (Å²) in [5.74, 6) is 4.07. The molecule has 0 aromatic carbocycles. The summed E-state index contributed by atoms with van der Waals surface area (Å²) in [6, 6.07) is 0. The van der Waals surface area contributed by atoms with Crippen molar-refractivity contribution in [1.82, 2.24) is 0 Å². The standard InChI is InChI=1S/C20H36OSi.C3H8/c1-22(2,20-14-12-16-8-4-6-10-18(16)20)21-19-13-11-15-7-3-5-9-17(15)19;1-3-2/h15-20H,3-14H2,1-2H3;3H2,1-2H3. The molecule has 146 valence electrons. The van der Waals surface area contributed by atoms with Gasteiger partial charge in [-0.2, -0.15) is 0 Å². The van der Waals surface area contributed by atoms with Crippen LogP contribution < -0.4 is 0 Å². The summed E-state index contributed by atoms with van der Waals surface area (Å²) in [5, 5.41) is 0. The van der Waals surface area contributed by atoms with Crippen LogP contribution in [0, 0.1) is 23.7 Å². The zero-order valence-corrected chi connectivity index (χ0v) is 18.6. The number of fused-ring (bicyclic) bond motifs is 2. The molecule has 25 heavy (non-hydrogen) atoms. The quantitative estimate of drug-likeness (QED) is 0.469. The van der Waals surface area contributed by atoms with Crippen LogP contribution >= 0.6 is 0 Å². The van der Waals surface area contributed by atoms with Gasteiger partial charge in [-0.25, -0.2) is 0 Å². The molecule has 4 rings (SSSR count). The lowest BCUT2D eigenvalue weighted by Gasteiger charge is -2.41. The molecule has 0 bridgehead atoms. The minimum absolute atomic E-state index is 0.648. The van der Waals surface area contributed by atoms with E-state index in [-0.39, 0.29) is 0 Å². The zero-order chi connectivity index (χ0) is 17.9. The molecule has 4 aliphatic rings. The van der Waals surface area contributed by atoms with E-state index in [2.05, 4.69) is 26.9 Å². The molecule has 0 aromatic rings. The maximum atomic E-state index is 7.04. The van der Waals surface area contributed by atoms with Crippen LogP contribution in [0.25, 0.3) is 0 Å². The normalized spacial score (nSPS) is 40.8. The highest BCUT2D eigenvalue weighted by Gasteiger charge is 2.49. The van der Waals surface area contributed by atoms with Crippen molar-refractivity contribution < 1.29 is 4.43 Å². The molecule has 0 aromatic heterocycles. The summed E-state index contributed by atoms with van der Waals surface area (Å²) in [7, 11) is -1.52. The fourth-order valence-corrected chi connectivity index (χ4v) is 10.5. The van der Waals surface area contributed by atoms with E-state index in [1.54, 1.807) is 0 Å². The first-order chi connectivity index (χ1) is 12.1. The first-order valence-corrected chi connectivity index (χ1v) is 14.7. The predicted molar refractivity (Wildman–Crippen MR) is 111 cm³/mol. The molecule has 0 aliphatic heterocycles. The van der Waals surface area contributed by atoms with Crippen LogP contribution in [0.3, 0.4) is 0 Å². The average Bonchev–Trinajstić information content (AvgIpc) is 3.20. The molecule has 6 unspecified atom stereocenters. The Hall–Kier alpha value is 0.177. The van der Waals surface area contributed by atoms with Gasteiger partial charge in [0.25, 0.3) is 0 Å². The van der Waals surface area contributed by atoms with Crippen LogP contribution in [-0.4, -0.2) is 14.4 Å². The third-order valence-corrected chi connectivity index (χ3v) is 11.4. The summed E-state index contributed by atoms with van der Waals surface area (Å²) in [6.45, 7) is 9.40. The number of hydrogen-bond donors (Lipinski definition) is 0. The molecule has 6 atom stereocenters. The van der Waals surface area contributed by atoms with Crippen LogP contribution in [0.5, 0.6) is 0 Å². The molecule has 4 saturated carbocycles. The maximum absolute atomic E-state index is 7.04. The van der Waals surface area contributed by atoms with Gasteiger partial charge in [0.05, 0.1) is 0 Å². The molecule has 1 nitrogen and oxygen atoms in total. The van der Waals surface area contributed by atoms with Crippen molar-refractivity contribution in [2.75, 3.05) is 0 Å². The molecule has 0 amide bonds. The summed E-state index contributed by atoms with van der Waals surface area (Å²) in [6.07, 6.45) is 19.7. The van der Waals surface area contributed by atoms with Crippen LogP contribution in [0.4, 0.5) is 0 Å². The van der Waals surface area contributed by atoms with Gasteiger partial charge in [0.2, 0.25) is 0 Å². The second-order valence-electron chi connectivity index (χ2n) is 10.1.